The quantitative estimate of drug-likeness (QED) is 0.946. The summed E-state index contributed by atoms with van der Waals surface area (Å²) < 4.78 is 0. The third-order valence-corrected chi connectivity index (χ3v) is 4.33. The Balaban J connectivity index is 1.72. The minimum Gasteiger partial charge on any atom is -0.391 e. The summed E-state index contributed by atoms with van der Waals surface area (Å²) in [6.45, 7) is 3.28. The van der Waals surface area contributed by atoms with Crippen LogP contribution in [0, 0.1) is 12.8 Å². The predicted molar refractivity (Wildman–Crippen MR) is 83.6 cm³/mol. The first kappa shape index (κ1) is 14.3. The average molecular weight is 304 g/mol. The first-order chi connectivity index (χ1) is 10.1. The van der Waals surface area contributed by atoms with Crippen LogP contribution in [0.4, 0.5) is 5.82 Å². The van der Waals surface area contributed by atoms with Crippen molar-refractivity contribution >= 4 is 17.4 Å². The number of pyridine rings is 2. The van der Waals surface area contributed by atoms with Crippen molar-refractivity contribution in [2.45, 2.75) is 19.4 Å². The summed E-state index contributed by atoms with van der Waals surface area (Å²) in [6.07, 6.45) is 2.22. The highest BCUT2D eigenvalue weighted by molar-refractivity contribution is 6.31. The average Bonchev–Trinajstić information content (AvgIpc) is 2.84. The van der Waals surface area contributed by atoms with Crippen LogP contribution in [0.15, 0.2) is 36.5 Å². The Labute approximate surface area is 129 Å². The molecule has 0 saturated carbocycles. The van der Waals surface area contributed by atoms with Gasteiger partial charge in [-0.15, -0.1) is 0 Å². The third kappa shape index (κ3) is 3.17. The summed E-state index contributed by atoms with van der Waals surface area (Å²) >= 11 is 6.01. The lowest BCUT2D eigenvalue weighted by Crippen LogP contribution is -2.22. The van der Waals surface area contributed by atoms with Crippen LogP contribution in [0.3, 0.4) is 0 Å². The normalized spacial score (nSPS) is 21.8. The predicted octanol–water partition coefficient (Wildman–Crippen LogP) is 2.48. The van der Waals surface area contributed by atoms with Crippen LogP contribution in [-0.4, -0.2) is 34.3 Å². The van der Waals surface area contributed by atoms with E-state index in [4.69, 9.17) is 11.6 Å². The number of nitrogens with zero attached hydrogens (tertiary/aromatic N) is 3. The van der Waals surface area contributed by atoms with E-state index in [2.05, 4.69) is 14.9 Å². The molecule has 3 heterocycles. The highest BCUT2D eigenvalue weighted by Crippen LogP contribution is 2.26. The van der Waals surface area contributed by atoms with Gasteiger partial charge in [0.05, 0.1) is 16.8 Å². The van der Waals surface area contributed by atoms with Gasteiger partial charge in [0.15, 0.2) is 0 Å². The molecule has 3 rings (SSSR count). The van der Waals surface area contributed by atoms with E-state index in [0.717, 1.165) is 30.2 Å². The molecule has 5 heteroatoms. The van der Waals surface area contributed by atoms with Gasteiger partial charge in [0, 0.05) is 30.9 Å². The molecule has 1 aliphatic heterocycles. The Hall–Kier alpha value is -1.65. The summed E-state index contributed by atoms with van der Waals surface area (Å²) in [4.78, 5) is 10.9. The van der Waals surface area contributed by atoms with E-state index in [1.807, 2.05) is 37.3 Å². The minimum absolute atomic E-state index is 0.178. The molecule has 0 radical (unpaired) electrons. The molecule has 1 saturated heterocycles. The van der Waals surface area contributed by atoms with Crippen molar-refractivity contribution in [2.24, 2.45) is 5.92 Å². The molecule has 4 nitrogen and oxygen atoms in total. The number of rotatable bonds is 3. The van der Waals surface area contributed by atoms with Crippen LogP contribution in [0.2, 0.25) is 5.02 Å². The number of anilines is 1. The van der Waals surface area contributed by atoms with Gasteiger partial charge in [-0.3, -0.25) is 4.98 Å². The molecule has 1 aliphatic rings. The molecule has 2 aromatic rings. The smallest absolute Gasteiger partial charge is 0.128 e. The fourth-order valence-electron chi connectivity index (χ4n) is 2.74. The van der Waals surface area contributed by atoms with Crippen molar-refractivity contribution in [3.05, 3.63) is 52.9 Å². The number of aromatic nitrogens is 2. The number of aliphatic hydroxyl groups excluding tert-OH is 1. The van der Waals surface area contributed by atoms with E-state index in [0.29, 0.717) is 11.6 Å². The Morgan fingerprint density at radius 2 is 2.14 bits per heavy atom. The topological polar surface area (TPSA) is 49.2 Å². The van der Waals surface area contributed by atoms with Crippen molar-refractivity contribution in [2.75, 3.05) is 18.0 Å². The van der Waals surface area contributed by atoms with E-state index in [1.54, 1.807) is 6.20 Å². The molecular formula is C16H18ClN3O. The molecule has 0 amide bonds. The second-order valence-corrected chi connectivity index (χ2v) is 5.90. The molecular weight excluding hydrogens is 286 g/mol. The highest BCUT2D eigenvalue weighted by atomic mass is 35.5. The maximum absolute atomic E-state index is 10.3. The summed E-state index contributed by atoms with van der Waals surface area (Å²) in [5.74, 6) is 1.05. The van der Waals surface area contributed by atoms with Gasteiger partial charge in [0.2, 0.25) is 0 Å². The van der Waals surface area contributed by atoms with Crippen LogP contribution >= 0.6 is 11.6 Å². The van der Waals surface area contributed by atoms with Crippen LogP contribution in [0.1, 0.15) is 11.4 Å². The van der Waals surface area contributed by atoms with Crippen molar-refractivity contribution in [1.29, 1.82) is 0 Å². The van der Waals surface area contributed by atoms with Crippen molar-refractivity contribution < 1.29 is 5.11 Å². The van der Waals surface area contributed by atoms with Gasteiger partial charge in [-0.05, 0) is 37.6 Å². The third-order valence-electron chi connectivity index (χ3n) is 3.93. The van der Waals surface area contributed by atoms with Gasteiger partial charge in [0.25, 0.3) is 0 Å². The summed E-state index contributed by atoms with van der Waals surface area (Å²) in [5.41, 5.74) is 1.83. The first-order valence-corrected chi connectivity index (χ1v) is 7.47. The fraction of sp³-hybridized carbons (Fsp3) is 0.375. The molecule has 2 aromatic heterocycles. The zero-order chi connectivity index (χ0) is 14.8. The molecule has 0 bridgehead atoms. The van der Waals surface area contributed by atoms with Gasteiger partial charge in [0.1, 0.15) is 5.82 Å². The zero-order valence-corrected chi connectivity index (χ0v) is 12.7. The van der Waals surface area contributed by atoms with E-state index in [1.165, 1.54) is 0 Å². The zero-order valence-electron chi connectivity index (χ0n) is 11.9. The second-order valence-electron chi connectivity index (χ2n) is 5.49. The molecule has 0 unspecified atom stereocenters. The first-order valence-electron chi connectivity index (χ1n) is 7.09. The lowest BCUT2D eigenvalue weighted by molar-refractivity contribution is 0.148. The minimum atomic E-state index is -0.357. The molecule has 0 aromatic carbocycles. The molecule has 2 atom stereocenters. The maximum atomic E-state index is 10.3. The maximum Gasteiger partial charge on any atom is 0.128 e. The summed E-state index contributed by atoms with van der Waals surface area (Å²) in [7, 11) is 0. The van der Waals surface area contributed by atoms with Gasteiger partial charge < -0.3 is 10.0 Å². The van der Waals surface area contributed by atoms with Gasteiger partial charge in [-0.2, -0.15) is 0 Å². The van der Waals surface area contributed by atoms with Gasteiger partial charge >= 0.3 is 0 Å². The number of hydrogen-bond acceptors (Lipinski definition) is 4. The Kier molecular flexibility index (Phi) is 4.08. The van der Waals surface area contributed by atoms with E-state index in [9.17, 15) is 5.11 Å². The fourth-order valence-corrected chi connectivity index (χ4v) is 2.84. The van der Waals surface area contributed by atoms with Gasteiger partial charge in [-0.25, -0.2) is 4.98 Å². The molecule has 1 N–H and O–H groups in total. The number of halogens is 1. The van der Waals surface area contributed by atoms with Crippen molar-refractivity contribution in [3.63, 3.8) is 0 Å². The largest absolute Gasteiger partial charge is 0.391 e. The number of hydrogen-bond donors (Lipinski definition) is 1. The van der Waals surface area contributed by atoms with E-state index in [-0.39, 0.29) is 12.0 Å². The SMILES string of the molecule is Cc1nc(N2C[C@@H](Cc3ccccn3)[C@H](O)C2)ccc1Cl. The Morgan fingerprint density at radius 1 is 1.29 bits per heavy atom. The second kappa shape index (κ2) is 6.00. The summed E-state index contributed by atoms with van der Waals surface area (Å²) in [5, 5.41) is 11.0. The van der Waals surface area contributed by atoms with Crippen molar-refractivity contribution in [1.82, 2.24) is 9.97 Å². The lowest BCUT2D eigenvalue weighted by Gasteiger charge is -2.17. The molecule has 1 fully saturated rings. The molecule has 0 spiro atoms. The van der Waals surface area contributed by atoms with Crippen LogP contribution in [0.25, 0.3) is 0 Å². The lowest BCUT2D eigenvalue weighted by atomic mass is 10.00. The van der Waals surface area contributed by atoms with Crippen LogP contribution in [-0.2, 0) is 6.42 Å². The number of β-amino-alcohol motifs (C(OH)–C–C–N with tert-alkyl or cyclic N) is 1. The van der Waals surface area contributed by atoms with Crippen LogP contribution < -0.4 is 4.90 Å². The van der Waals surface area contributed by atoms with Gasteiger partial charge in [-0.1, -0.05) is 17.7 Å². The molecule has 0 aliphatic carbocycles. The number of aryl methyl sites for hydroxylation is 1. The van der Waals surface area contributed by atoms with E-state index < -0.39 is 0 Å². The van der Waals surface area contributed by atoms with Crippen molar-refractivity contribution in [3.8, 4) is 0 Å². The molecule has 110 valence electrons. The highest BCUT2D eigenvalue weighted by Gasteiger charge is 2.32. The summed E-state index contributed by atoms with van der Waals surface area (Å²) in [6, 6.07) is 9.65. The number of aliphatic hydroxyl groups is 1. The molecule has 21 heavy (non-hydrogen) atoms. The van der Waals surface area contributed by atoms with E-state index >= 15 is 0 Å². The monoisotopic (exact) mass is 303 g/mol. The standard InChI is InChI=1S/C16H18ClN3O/c1-11-14(17)5-6-16(19-11)20-9-12(15(21)10-20)8-13-4-2-3-7-18-13/h2-7,12,15,21H,8-10H2,1H3/t12-,15-/m1/s1. The Bertz CT molecular complexity index is 620. The van der Waals surface area contributed by atoms with Crippen LogP contribution in [0.5, 0.6) is 0 Å². The Morgan fingerprint density at radius 3 is 2.86 bits per heavy atom.